The number of benzene rings is 2. The summed E-state index contributed by atoms with van der Waals surface area (Å²) in [6, 6.07) is 13.2. The van der Waals surface area contributed by atoms with Crippen LogP contribution in [0.25, 0.3) is 5.82 Å². The third-order valence-corrected chi connectivity index (χ3v) is 8.43. The molecule has 2 saturated heterocycles. The molecule has 2 aromatic carbocycles. The summed E-state index contributed by atoms with van der Waals surface area (Å²) >= 11 is 5.86. The second kappa shape index (κ2) is 17.7. The number of carbonyl (C=O) groups is 2. The normalized spacial score (nSPS) is 16.9. The van der Waals surface area contributed by atoms with E-state index < -0.39 is 41.4 Å². The number of nitriles is 1. The molecule has 56 heavy (non-hydrogen) atoms. The third-order valence-electron chi connectivity index (χ3n) is 8.21. The van der Waals surface area contributed by atoms with Crippen molar-refractivity contribution in [3.8, 4) is 11.9 Å². The minimum absolute atomic E-state index is 0.00328. The van der Waals surface area contributed by atoms with Gasteiger partial charge in [-0.2, -0.15) is 23.5 Å². The molecular weight excluding hydrogens is 767 g/mol. The van der Waals surface area contributed by atoms with Crippen LogP contribution in [-0.2, 0) is 15.7 Å². The van der Waals surface area contributed by atoms with Crippen LogP contribution in [0.2, 0.25) is 5.02 Å². The summed E-state index contributed by atoms with van der Waals surface area (Å²) in [6.45, 7) is 3.47. The molecule has 290 valence electrons. The number of carbonyl (C=O) groups excluding carboxylic acids is 2. The maximum atomic E-state index is 14.5. The maximum Gasteiger partial charge on any atom is 0.434 e. The minimum Gasteiger partial charge on any atom is -0.371 e. The number of ether oxygens (including phenoxy) is 2. The molecule has 5 aromatic rings. The second-order valence-corrected chi connectivity index (χ2v) is 12.5. The Morgan fingerprint density at radius 3 is 1.96 bits per heavy atom. The highest BCUT2D eigenvalue weighted by Gasteiger charge is 2.33. The first kappa shape index (κ1) is 39.8. The minimum atomic E-state index is -4.61. The van der Waals surface area contributed by atoms with Crippen LogP contribution in [0.15, 0.2) is 73.3 Å². The summed E-state index contributed by atoms with van der Waals surface area (Å²) in [5, 5.41) is 24.4. The second-order valence-electron chi connectivity index (χ2n) is 12.1. The van der Waals surface area contributed by atoms with Crippen LogP contribution in [-0.4, -0.2) is 75.9 Å². The number of pyridine rings is 1. The van der Waals surface area contributed by atoms with E-state index in [4.69, 9.17) is 26.3 Å². The van der Waals surface area contributed by atoms with E-state index in [0.717, 1.165) is 17.4 Å². The SMILES string of the molecule is N#Cc1cc(Cl)cc(C(=O)Nc2ccc([C@H]3CNCCO3)c(F)c2)n1.O=C(Nc1ccc([C@H]2CNCCO2)c(F)c1)c1cnn(-c2cnc(C(F)(F)F)cn2)c1. The van der Waals surface area contributed by atoms with Gasteiger partial charge in [0.05, 0.1) is 49.6 Å². The van der Waals surface area contributed by atoms with Crippen molar-refractivity contribution in [2.75, 3.05) is 50.0 Å². The highest BCUT2D eigenvalue weighted by Crippen LogP contribution is 2.28. The first-order valence-electron chi connectivity index (χ1n) is 16.8. The van der Waals surface area contributed by atoms with E-state index in [9.17, 15) is 31.5 Å². The fourth-order valence-corrected chi connectivity index (χ4v) is 5.69. The number of amides is 2. The number of anilines is 2. The number of morpholine rings is 2. The van der Waals surface area contributed by atoms with Gasteiger partial charge in [0, 0.05) is 59.9 Å². The van der Waals surface area contributed by atoms with Gasteiger partial charge < -0.3 is 30.7 Å². The van der Waals surface area contributed by atoms with E-state index >= 15 is 0 Å². The Balaban J connectivity index is 0.000000194. The van der Waals surface area contributed by atoms with Crippen molar-refractivity contribution in [1.29, 1.82) is 5.26 Å². The molecule has 0 unspecified atom stereocenters. The van der Waals surface area contributed by atoms with Gasteiger partial charge in [-0.25, -0.2) is 28.4 Å². The standard InChI is InChI=1S/C19H16F4N6O2.C17H14ClFN4O2/c20-14-5-12(1-2-13(14)15-7-24-3-4-31-15)28-18(30)11-6-27-29(10-11)17-9-25-16(8-26-17)19(21,22)23;18-10-5-12(8-20)22-15(6-10)17(24)23-11-1-2-13(14(19)7-11)16-9-21-3-4-25-16/h1-2,5-6,8-10,15,24H,3-4,7H2,(H,28,30);1-2,5-7,16,21H,3-4,9H2,(H,23,24)/t15-;16-/m11/s1. The molecule has 2 fully saturated rings. The number of halogens is 6. The van der Waals surface area contributed by atoms with Gasteiger partial charge >= 0.3 is 6.18 Å². The van der Waals surface area contributed by atoms with Crippen molar-refractivity contribution in [2.24, 2.45) is 0 Å². The molecule has 2 aliphatic rings. The van der Waals surface area contributed by atoms with Crippen LogP contribution in [0.5, 0.6) is 0 Å². The highest BCUT2D eigenvalue weighted by molar-refractivity contribution is 6.31. The van der Waals surface area contributed by atoms with Crippen molar-refractivity contribution < 1.29 is 41.0 Å². The molecule has 2 atom stereocenters. The lowest BCUT2D eigenvalue weighted by Gasteiger charge is -2.24. The first-order chi connectivity index (χ1) is 26.9. The van der Waals surface area contributed by atoms with Gasteiger partial charge in [0.15, 0.2) is 11.5 Å². The Hall–Kier alpha value is -5.91. The van der Waals surface area contributed by atoms with E-state index in [1.165, 1.54) is 36.7 Å². The molecule has 5 heterocycles. The third kappa shape index (κ3) is 10.0. The van der Waals surface area contributed by atoms with E-state index in [1.807, 2.05) is 6.07 Å². The van der Waals surface area contributed by atoms with Crippen molar-refractivity contribution in [3.63, 3.8) is 0 Å². The molecule has 3 aromatic heterocycles. The number of hydrogen-bond donors (Lipinski definition) is 4. The number of aromatic nitrogens is 5. The Kier molecular flexibility index (Phi) is 12.6. The number of alkyl halides is 3. The number of nitrogens with one attached hydrogen (secondary N) is 4. The molecule has 4 N–H and O–H groups in total. The van der Waals surface area contributed by atoms with Crippen LogP contribution >= 0.6 is 11.6 Å². The summed E-state index contributed by atoms with van der Waals surface area (Å²) in [7, 11) is 0. The Bertz CT molecular complexity index is 2240. The molecule has 7 rings (SSSR count). The van der Waals surface area contributed by atoms with E-state index in [2.05, 4.69) is 41.3 Å². The van der Waals surface area contributed by atoms with Gasteiger partial charge in [-0.1, -0.05) is 23.7 Å². The smallest absolute Gasteiger partial charge is 0.371 e. The average molecular weight is 797 g/mol. The molecular formula is C36H30ClF5N10O4. The van der Waals surface area contributed by atoms with Gasteiger partial charge in [0.25, 0.3) is 11.8 Å². The lowest BCUT2D eigenvalue weighted by Crippen LogP contribution is -2.33. The lowest BCUT2D eigenvalue weighted by atomic mass is 10.1. The number of nitrogens with zero attached hydrogens (tertiary/aromatic N) is 6. The van der Waals surface area contributed by atoms with Crippen LogP contribution in [0, 0.1) is 23.0 Å². The summed E-state index contributed by atoms with van der Waals surface area (Å²) in [4.78, 5) is 35.5. The van der Waals surface area contributed by atoms with Crippen LogP contribution < -0.4 is 21.3 Å². The summed E-state index contributed by atoms with van der Waals surface area (Å²) in [5.74, 6) is -2.13. The lowest BCUT2D eigenvalue weighted by molar-refractivity contribution is -0.141. The zero-order chi connectivity index (χ0) is 39.8. The number of rotatable bonds is 7. The largest absolute Gasteiger partial charge is 0.434 e. The van der Waals surface area contributed by atoms with Gasteiger partial charge in [-0.05, 0) is 36.4 Å². The van der Waals surface area contributed by atoms with Crippen molar-refractivity contribution >= 4 is 34.8 Å². The molecule has 0 radical (unpaired) electrons. The van der Waals surface area contributed by atoms with Gasteiger partial charge in [-0.15, -0.1) is 0 Å². The van der Waals surface area contributed by atoms with Crippen LogP contribution in [0.3, 0.4) is 0 Å². The first-order valence-corrected chi connectivity index (χ1v) is 17.1. The zero-order valence-corrected chi connectivity index (χ0v) is 29.7. The molecule has 0 saturated carbocycles. The zero-order valence-electron chi connectivity index (χ0n) is 28.9. The summed E-state index contributed by atoms with van der Waals surface area (Å²) in [5.41, 5.74) is 0.297. The van der Waals surface area contributed by atoms with Gasteiger partial charge in [-0.3, -0.25) is 9.59 Å². The predicted molar refractivity (Wildman–Crippen MR) is 190 cm³/mol. The van der Waals surface area contributed by atoms with Crippen molar-refractivity contribution in [1.82, 2.24) is 35.4 Å². The monoisotopic (exact) mass is 796 g/mol. The topological polar surface area (TPSA) is 181 Å². The van der Waals surface area contributed by atoms with Crippen LogP contribution in [0.1, 0.15) is 55.6 Å². The molecule has 0 bridgehead atoms. The summed E-state index contributed by atoms with van der Waals surface area (Å²) in [6.07, 6.45) is -1.40. The molecule has 20 heteroatoms. The average Bonchev–Trinajstić information content (AvgIpc) is 3.69. The molecule has 2 aliphatic heterocycles. The van der Waals surface area contributed by atoms with E-state index in [-0.39, 0.29) is 45.3 Å². The molecule has 14 nitrogen and oxygen atoms in total. The Morgan fingerprint density at radius 2 is 1.46 bits per heavy atom. The van der Waals surface area contributed by atoms with E-state index in [1.54, 1.807) is 24.3 Å². The quantitative estimate of drug-likeness (QED) is 0.155. The number of hydrogen-bond acceptors (Lipinski definition) is 11. The maximum absolute atomic E-state index is 14.5. The van der Waals surface area contributed by atoms with Gasteiger partial charge in [0.2, 0.25) is 0 Å². The molecule has 2 amide bonds. The molecule has 0 aliphatic carbocycles. The van der Waals surface area contributed by atoms with Crippen LogP contribution in [0.4, 0.5) is 33.3 Å². The Labute approximate surface area is 320 Å². The fourth-order valence-electron chi connectivity index (χ4n) is 5.48. The highest BCUT2D eigenvalue weighted by atomic mass is 35.5. The summed E-state index contributed by atoms with van der Waals surface area (Å²) < 4.78 is 78.7. The Morgan fingerprint density at radius 1 is 0.857 bits per heavy atom. The van der Waals surface area contributed by atoms with E-state index in [0.29, 0.717) is 50.2 Å². The van der Waals surface area contributed by atoms with Crippen molar-refractivity contribution in [2.45, 2.75) is 18.4 Å². The molecule has 0 spiro atoms. The fraction of sp³-hybridized carbons (Fsp3) is 0.250. The predicted octanol–water partition coefficient (Wildman–Crippen LogP) is 5.39. The van der Waals surface area contributed by atoms with Crippen molar-refractivity contribution in [3.05, 3.63) is 124 Å². The van der Waals surface area contributed by atoms with Gasteiger partial charge in [0.1, 0.15) is 29.1 Å².